The second-order valence-electron chi connectivity index (χ2n) is 5.70. The predicted molar refractivity (Wildman–Crippen MR) is 90.7 cm³/mol. The van der Waals surface area contributed by atoms with Gasteiger partial charge in [-0.2, -0.15) is 0 Å². The number of nitrogens with one attached hydrogen (secondary N) is 2. The number of amides is 1. The lowest BCUT2D eigenvalue weighted by molar-refractivity contribution is 0.102. The van der Waals surface area contributed by atoms with Crippen LogP contribution in [0.3, 0.4) is 0 Å². The minimum absolute atomic E-state index is 0.0174. The van der Waals surface area contributed by atoms with Gasteiger partial charge in [0, 0.05) is 11.6 Å². The highest BCUT2D eigenvalue weighted by atomic mass is 32.2. The number of sulfonamides is 1. The number of ether oxygens (including phenoxy) is 1. The molecule has 0 aromatic heterocycles. The summed E-state index contributed by atoms with van der Waals surface area (Å²) in [6.45, 7) is 0. The molecule has 0 aliphatic heterocycles. The molecule has 1 aliphatic rings. The first-order valence-corrected chi connectivity index (χ1v) is 9.15. The lowest BCUT2D eigenvalue weighted by atomic mass is 10.2. The molecule has 2 N–H and O–H groups in total. The highest BCUT2D eigenvalue weighted by Gasteiger charge is 2.30. The maximum Gasteiger partial charge on any atom is 0.255 e. The van der Waals surface area contributed by atoms with Crippen molar-refractivity contribution in [1.29, 1.82) is 0 Å². The molecule has 0 radical (unpaired) electrons. The molecule has 0 saturated heterocycles. The van der Waals surface area contributed by atoms with Crippen molar-refractivity contribution in [3.05, 3.63) is 53.8 Å². The number of anilines is 1. The van der Waals surface area contributed by atoms with Gasteiger partial charge >= 0.3 is 0 Å². The number of hydrogen-bond donors (Lipinski definition) is 2. The monoisotopic (exact) mass is 364 g/mol. The average molecular weight is 364 g/mol. The van der Waals surface area contributed by atoms with Crippen molar-refractivity contribution in [2.24, 2.45) is 0 Å². The van der Waals surface area contributed by atoms with Crippen molar-refractivity contribution < 1.29 is 22.3 Å². The van der Waals surface area contributed by atoms with E-state index in [1.807, 2.05) is 0 Å². The van der Waals surface area contributed by atoms with Crippen LogP contribution < -0.4 is 14.8 Å². The van der Waals surface area contributed by atoms with Gasteiger partial charge in [-0.1, -0.05) is 12.1 Å². The van der Waals surface area contributed by atoms with Crippen LogP contribution in [0.4, 0.5) is 10.1 Å². The number of methoxy groups -OCH3 is 1. The zero-order chi connectivity index (χ0) is 18.0. The van der Waals surface area contributed by atoms with Gasteiger partial charge in [-0.3, -0.25) is 4.79 Å². The van der Waals surface area contributed by atoms with E-state index in [1.54, 1.807) is 6.07 Å². The van der Waals surface area contributed by atoms with Gasteiger partial charge in [0.05, 0.1) is 12.8 Å². The Morgan fingerprint density at radius 3 is 2.56 bits per heavy atom. The minimum Gasteiger partial charge on any atom is -0.495 e. The molecule has 25 heavy (non-hydrogen) atoms. The van der Waals surface area contributed by atoms with Crippen molar-refractivity contribution in [3.8, 4) is 5.75 Å². The molecule has 0 bridgehead atoms. The number of benzene rings is 2. The van der Waals surface area contributed by atoms with Crippen LogP contribution in [0.1, 0.15) is 23.2 Å². The van der Waals surface area contributed by atoms with Gasteiger partial charge in [-0.25, -0.2) is 17.5 Å². The number of carbonyl (C=O) groups excluding carboxylic acids is 1. The van der Waals surface area contributed by atoms with Crippen molar-refractivity contribution in [2.45, 2.75) is 23.8 Å². The van der Waals surface area contributed by atoms with Crippen molar-refractivity contribution in [1.82, 2.24) is 4.72 Å². The largest absolute Gasteiger partial charge is 0.495 e. The first kappa shape index (κ1) is 17.4. The number of carbonyl (C=O) groups is 1. The fourth-order valence-electron chi connectivity index (χ4n) is 2.27. The van der Waals surface area contributed by atoms with Gasteiger partial charge in [-0.05, 0) is 43.2 Å². The number of para-hydroxylation sites is 1. The summed E-state index contributed by atoms with van der Waals surface area (Å²) >= 11 is 0. The first-order valence-electron chi connectivity index (χ1n) is 7.67. The standard InChI is InChI=1S/C17H17FN2O4S/c1-24-15-9-6-11(10-16(15)25(22,23)20-12-7-8-12)17(21)19-14-5-3-2-4-13(14)18/h2-6,9-10,12,20H,7-8H2,1H3,(H,19,21). The van der Waals surface area contributed by atoms with Gasteiger partial charge in [0.25, 0.3) is 5.91 Å². The molecule has 0 spiro atoms. The van der Waals surface area contributed by atoms with Crippen LogP contribution in [-0.2, 0) is 10.0 Å². The molecule has 1 fully saturated rings. The molecule has 0 unspecified atom stereocenters. The van der Waals surface area contributed by atoms with Crippen LogP contribution in [0.15, 0.2) is 47.4 Å². The fourth-order valence-corrected chi connectivity index (χ4v) is 3.77. The number of halogens is 1. The summed E-state index contributed by atoms with van der Waals surface area (Å²) < 4.78 is 46.2. The van der Waals surface area contributed by atoms with Crippen LogP contribution in [0, 0.1) is 5.82 Å². The van der Waals surface area contributed by atoms with E-state index in [-0.39, 0.29) is 27.9 Å². The maximum atomic E-state index is 13.7. The number of rotatable bonds is 6. The molecule has 6 nitrogen and oxygen atoms in total. The van der Waals surface area contributed by atoms with Gasteiger partial charge in [0.15, 0.2) is 0 Å². The summed E-state index contributed by atoms with van der Waals surface area (Å²) in [7, 11) is -2.45. The third-order valence-corrected chi connectivity index (χ3v) is 5.28. The minimum atomic E-state index is -3.81. The zero-order valence-corrected chi connectivity index (χ0v) is 14.3. The normalized spacial score (nSPS) is 14.2. The van der Waals surface area contributed by atoms with Crippen molar-refractivity contribution in [3.63, 3.8) is 0 Å². The summed E-state index contributed by atoms with van der Waals surface area (Å²) in [4.78, 5) is 12.2. The lowest BCUT2D eigenvalue weighted by Crippen LogP contribution is -2.26. The van der Waals surface area contributed by atoms with Crippen LogP contribution in [0.2, 0.25) is 0 Å². The smallest absolute Gasteiger partial charge is 0.255 e. The van der Waals surface area contributed by atoms with Crippen molar-refractivity contribution in [2.75, 3.05) is 12.4 Å². The van der Waals surface area contributed by atoms with Crippen molar-refractivity contribution >= 4 is 21.6 Å². The Balaban J connectivity index is 1.90. The van der Waals surface area contributed by atoms with Gasteiger partial charge in [-0.15, -0.1) is 0 Å². The zero-order valence-electron chi connectivity index (χ0n) is 13.5. The predicted octanol–water partition coefficient (Wildman–Crippen LogP) is 2.53. The van der Waals surface area contributed by atoms with E-state index in [0.717, 1.165) is 12.8 Å². The number of hydrogen-bond acceptors (Lipinski definition) is 4. The lowest BCUT2D eigenvalue weighted by Gasteiger charge is -2.12. The molecular formula is C17H17FN2O4S. The summed E-state index contributed by atoms with van der Waals surface area (Å²) in [5.41, 5.74) is 0.101. The molecule has 1 amide bonds. The molecule has 1 saturated carbocycles. The van der Waals surface area contributed by atoms with E-state index in [1.165, 1.54) is 43.5 Å². The van der Waals surface area contributed by atoms with Gasteiger partial charge < -0.3 is 10.1 Å². The Morgan fingerprint density at radius 1 is 1.20 bits per heavy atom. The SMILES string of the molecule is COc1ccc(C(=O)Nc2ccccc2F)cc1S(=O)(=O)NC1CC1. The molecule has 2 aromatic rings. The fraction of sp³-hybridized carbons (Fsp3) is 0.235. The summed E-state index contributed by atoms with van der Waals surface area (Å²) in [6, 6.07) is 9.70. The quantitative estimate of drug-likeness (QED) is 0.825. The summed E-state index contributed by atoms with van der Waals surface area (Å²) in [5.74, 6) is -1.06. The van der Waals surface area contributed by atoms with E-state index in [0.29, 0.717) is 0 Å². The summed E-state index contributed by atoms with van der Waals surface area (Å²) in [6.07, 6.45) is 1.57. The van der Waals surface area contributed by atoms with E-state index >= 15 is 0 Å². The molecule has 132 valence electrons. The Kier molecular flexibility index (Phi) is 4.73. The first-order chi connectivity index (χ1) is 11.9. The third-order valence-electron chi connectivity index (χ3n) is 3.74. The Hall–Kier alpha value is -2.45. The van der Waals surface area contributed by atoms with E-state index in [9.17, 15) is 17.6 Å². The Bertz CT molecular complexity index is 911. The highest BCUT2D eigenvalue weighted by molar-refractivity contribution is 7.89. The second-order valence-corrected chi connectivity index (χ2v) is 7.38. The highest BCUT2D eigenvalue weighted by Crippen LogP contribution is 2.28. The molecule has 0 heterocycles. The molecule has 0 atom stereocenters. The average Bonchev–Trinajstić information content (AvgIpc) is 3.39. The van der Waals surface area contributed by atoms with Gasteiger partial charge in [0.1, 0.15) is 16.5 Å². The van der Waals surface area contributed by atoms with Crippen LogP contribution >= 0.6 is 0 Å². The third kappa shape index (κ3) is 3.97. The second kappa shape index (κ2) is 6.81. The van der Waals surface area contributed by atoms with Gasteiger partial charge in [0.2, 0.25) is 10.0 Å². The summed E-state index contributed by atoms with van der Waals surface area (Å²) in [5, 5.41) is 2.43. The van der Waals surface area contributed by atoms with Crippen LogP contribution in [0.25, 0.3) is 0 Å². The Labute approximate surface area is 145 Å². The molecular weight excluding hydrogens is 347 g/mol. The van der Waals surface area contributed by atoms with E-state index in [2.05, 4.69) is 10.0 Å². The van der Waals surface area contributed by atoms with E-state index < -0.39 is 21.7 Å². The molecule has 3 rings (SSSR count). The van der Waals surface area contributed by atoms with E-state index in [4.69, 9.17) is 4.74 Å². The Morgan fingerprint density at radius 2 is 1.92 bits per heavy atom. The molecule has 8 heteroatoms. The van der Waals surface area contributed by atoms with Crippen LogP contribution in [0.5, 0.6) is 5.75 Å². The molecule has 1 aliphatic carbocycles. The topological polar surface area (TPSA) is 84.5 Å². The molecule has 2 aromatic carbocycles. The van der Waals surface area contributed by atoms with Crippen LogP contribution in [-0.4, -0.2) is 27.5 Å². The maximum absolute atomic E-state index is 13.7.